The SMILES string of the molecule is CC[C@H]1c2ccccc2CCN1C(=O)CN1CCCOC1=O. The summed E-state index contributed by atoms with van der Waals surface area (Å²) >= 11 is 0. The minimum atomic E-state index is -0.370. The summed E-state index contributed by atoms with van der Waals surface area (Å²) in [5.74, 6) is 0.0141. The molecule has 1 aromatic carbocycles. The number of ether oxygens (including phenoxy) is 1. The first-order chi connectivity index (χ1) is 10.7. The lowest BCUT2D eigenvalue weighted by atomic mass is 9.91. The first-order valence-corrected chi connectivity index (χ1v) is 7.99. The van der Waals surface area contributed by atoms with Crippen LogP contribution in [0.2, 0.25) is 0 Å². The molecule has 3 rings (SSSR count). The molecule has 0 bridgehead atoms. The molecule has 0 aromatic heterocycles. The smallest absolute Gasteiger partial charge is 0.410 e. The molecule has 2 aliphatic heterocycles. The maximum atomic E-state index is 12.7. The molecule has 2 amide bonds. The second-order valence-electron chi connectivity index (χ2n) is 5.85. The van der Waals surface area contributed by atoms with E-state index in [0.29, 0.717) is 13.2 Å². The van der Waals surface area contributed by atoms with Crippen LogP contribution in [0.1, 0.15) is 36.9 Å². The Labute approximate surface area is 130 Å². The highest BCUT2D eigenvalue weighted by molar-refractivity contribution is 5.83. The summed E-state index contributed by atoms with van der Waals surface area (Å²) in [6.07, 6.45) is 2.18. The predicted octanol–water partition coefficient (Wildman–Crippen LogP) is 2.36. The highest BCUT2D eigenvalue weighted by atomic mass is 16.6. The van der Waals surface area contributed by atoms with Gasteiger partial charge >= 0.3 is 6.09 Å². The van der Waals surface area contributed by atoms with Crippen LogP contribution in [-0.2, 0) is 16.0 Å². The van der Waals surface area contributed by atoms with Crippen molar-refractivity contribution in [2.75, 3.05) is 26.2 Å². The molecule has 0 spiro atoms. The van der Waals surface area contributed by atoms with E-state index < -0.39 is 0 Å². The Morgan fingerprint density at radius 3 is 2.91 bits per heavy atom. The summed E-state index contributed by atoms with van der Waals surface area (Å²) in [5.41, 5.74) is 2.57. The van der Waals surface area contributed by atoms with Gasteiger partial charge < -0.3 is 9.64 Å². The van der Waals surface area contributed by atoms with Crippen LogP contribution in [-0.4, -0.2) is 48.0 Å². The molecule has 1 atom stereocenters. The summed E-state index contributed by atoms with van der Waals surface area (Å²) in [6, 6.07) is 8.43. The average molecular weight is 302 g/mol. The molecule has 0 radical (unpaired) electrons. The lowest BCUT2D eigenvalue weighted by Gasteiger charge is -2.38. The molecule has 118 valence electrons. The summed E-state index contributed by atoms with van der Waals surface area (Å²) in [5, 5.41) is 0. The maximum absolute atomic E-state index is 12.7. The molecule has 1 saturated heterocycles. The Hall–Kier alpha value is -2.04. The molecule has 5 heteroatoms. The minimum Gasteiger partial charge on any atom is -0.449 e. The molecule has 1 fully saturated rings. The summed E-state index contributed by atoms with van der Waals surface area (Å²) in [4.78, 5) is 27.8. The predicted molar refractivity (Wildman–Crippen MR) is 82.4 cm³/mol. The molecule has 0 aliphatic carbocycles. The molecule has 2 heterocycles. The fraction of sp³-hybridized carbons (Fsp3) is 0.529. The normalized spacial score (nSPS) is 21.3. The second-order valence-corrected chi connectivity index (χ2v) is 5.85. The first-order valence-electron chi connectivity index (χ1n) is 7.99. The van der Waals surface area contributed by atoms with Gasteiger partial charge in [-0.05, 0) is 30.4 Å². The first kappa shape index (κ1) is 14.9. The topological polar surface area (TPSA) is 49.9 Å². The van der Waals surface area contributed by atoms with Gasteiger partial charge in [0.1, 0.15) is 6.54 Å². The molecule has 0 N–H and O–H groups in total. The number of nitrogens with zero attached hydrogens (tertiary/aromatic N) is 2. The monoisotopic (exact) mass is 302 g/mol. The van der Waals surface area contributed by atoms with E-state index in [2.05, 4.69) is 19.1 Å². The van der Waals surface area contributed by atoms with Crippen LogP contribution in [0.5, 0.6) is 0 Å². The Balaban J connectivity index is 1.74. The van der Waals surface area contributed by atoms with Gasteiger partial charge in [0.25, 0.3) is 0 Å². The van der Waals surface area contributed by atoms with E-state index in [1.165, 1.54) is 16.0 Å². The van der Waals surface area contributed by atoms with E-state index >= 15 is 0 Å². The molecular formula is C17H22N2O3. The number of carbonyl (C=O) groups excluding carboxylic acids is 2. The van der Waals surface area contributed by atoms with Crippen LogP contribution >= 0.6 is 0 Å². The highest BCUT2D eigenvalue weighted by Crippen LogP contribution is 2.32. The van der Waals surface area contributed by atoms with Crippen molar-refractivity contribution in [2.24, 2.45) is 0 Å². The fourth-order valence-corrected chi connectivity index (χ4v) is 3.39. The minimum absolute atomic E-state index is 0.0141. The number of carbonyl (C=O) groups is 2. The van der Waals surface area contributed by atoms with Gasteiger partial charge in [0.2, 0.25) is 5.91 Å². The molecule has 0 saturated carbocycles. The number of amides is 2. The average Bonchev–Trinajstić information content (AvgIpc) is 2.55. The van der Waals surface area contributed by atoms with Crippen LogP contribution < -0.4 is 0 Å². The van der Waals surface area contributed by atoms with Gasteiger partial charge in [0.15, 0.2) is 0 Å². The summed E-state index contributed by atoms with van der Waals surface area (Å²) in [7, 11) is 0. The van der Waals surface area contributed by atoms with Gasteiger partial charge in [-0.1, -0.05) is 31.2 Å². The van der Waals surface area contributed by atoms with E-state index in [9.17, 15) is 9.59 Å². The summed E-state index contributed by atoms with van der Waals surface area (Å²) < 4.78 is 5.00. The van der Waals surface area contributed by atoms with E-state index in [1.54, 1.807) is 0 Å². The number of cyclic esters (lactones) is 1. The van der Waals surface area contributed by atoms with E-state index in [4.69, 9.17) is 4.74 Å². The summed E-state index contributed by atoms with van der Waals surface area (Å²) in [6.45, 7) is 4.00. The Morgan fingerprint density at radius 1 is 1.32 bits per heavy atom. The second kappa shape index (κ2) is 6.38. The van der Waals surface area contributed by atoms with E-state index in [0.717, 1.165) is 25.8 Å². The van der Waals surface area contributed by atoms with Crippen molar-refractivity contribution in [1.29, 1.82) is 0 Å². The van der Waals surface area contributed by atoms with E-state index in [1.807, 2.05) is 17.0 Å². The molecule has 1 aromatic rings. The van der Waals surface area contributed by atoms with Crippen LogP contribution in [0.15, 0.2) is 24.3 Å². The standard InChI is InChI=1S/C17H22N2O3/c1-2-15-14-7-4-3-6-13(14)8-10-19(15)16(20)12-18-9-5-11-22-17(18)21/h3-4,6-7,15H,2,5,8-12H2,1H3/t15-/m0/s1. The van der Waals surface area contributed by atoms with Crippen molar-refractivity contribution >= 4 is 12.0 Å². The number of rotatable bonds is 3. The lowest BCUT2D eigenvalue weighted by Crippen LogP contribution is -2.48. The van der Waals surface area contributed by atoms with Gasteiger partial charge in [-0.2, -0.15) is 0 Å². The number of fused-ring (bicyclic) bond motifs is 1. The van der Waals surface area contributed by atoms with Crippen molar-refractivity contribution < 1.29 is 14.3 Å². The zero-order valence-electron chi connectivity index (χ0n) is 13.0. The Morgan fingerprint density at radius 2 is 2.14 bits per heavy atom. The van der Waals surface area contributed by atoms with Crippen molar-refractivity contribution in [2.45, 2.75) is 32.2 Å². The van der Waals surface area contributed by atoms with Gasteiger partial charge in [0.05, 0.1) is 12.6 Å². The van der Waals surface area contributed by atoms with Gasteiger partial charge in [-0.3, -0.25) is 9.69 Å². The van der Waals surface area contributed by atoms with E-state index in [-0.39, 0.29) is 24.6 Å². The van der Waals surface area contributed by atoms with Crippen molar-refractivity contribution in [3.8, 4) is 0 Å². The third-order valence-electron chi connectivity index (χ3n) is 4.50. The molecular weight excluding hydrogens is 280 g/mol. The van der Waals surface area contributed by atoms with Crippen LogP contribution in [0.4, 0.5) is 4.79 Å². The molecule has 2 aliphatic rings. The van der Waals surface area contributed by atoms with Gasteiger partial charge in [-0.15, -0.1) is 0 Å². The third kappa shape index (κ3) is 2.80. The molecule has 0 unspecified atom stereocenters. The van der Waals surface area contributed by atoms with Gasteiger partial charge in [0, 0.05) is 13.1 Å². The fourth-order valence-electron chi connectivity index (χ4n) is 3.39. The highest BCUT2D eigenvalue weighted by Gasteiger charge is 2.31. The van der Waals surface area contributed by atoms with Crippen LogP contribution in [0.3, 0.4) is 0 Å². The quantitative estimate of drug-likeness (QED) is 0.861. The van der Waals surface area contributed by atoms with Crippen molar-refractivity contribution in [3.63, 3.8) is 0 Å². The number of hydrogen-bond donors (Lipinski definition) is 0. The number of hydrogen-bond acceptors (Lipinski definition) is 3. The van der Waals surface area contributed by atoms with Gasteiger partial charge in [-0.25, -0.2) is 4.79 Å². The maximum Gasteiger partial charge on any atom is 0.410 e. The van der Waals surface area contributed by atoms with Crippen molar-refractivity contribution in [3.05, 3.63) is 35.4 Å². The Kier molecular flexibility index (Phi) is 4.32. The van der Waals surface area contributed by atoms with Crippen LogP contribution in [0, 0.1) is 0 Å². The number of benzene rings is 1. The Bertz CT molecular complexity index is 573. The van der Waals surface area contributed by atoms with Crippen molar-refractivity contribution in [1.82, 2.24) is 9.80 Å². The van der Waals surface area contributed by atoms with Crippen LogP contribution in [0.25, 0.3) is 0 Å². The lowest BCUT2D eigenvalue weighted by molar-refractivity contribution is -0.135. The largest absolute Gasteiger partial charge is 0.449 e. The zero-order valence-corrected chi connectivity index (χ0v) is 13.0. The zero-order chi connectivity index (χ0) is 15.5. The molecule has 5 nitrogen and oxygen atoms in total. The molecule has 22 heavy (non-hydrogen) atoms. The third-order valence-corrected chi connectivity index (χ3v) is 4.50.